The maximum absolute atomic E-state index is 13.3. The fourth-order valence-electron chi connectivity index (χ4n) is 3.35. The van der Waals surface area contributed by atoms with E-state index in [9.17, 15) is 18.0 Å². The molecule has 0 aromatic heterocycles. The van der Waals surface area contributed by atoms with Gasteiger partial charge in [0, 0.05) is 38.3 Å². The van der Waals surface area contributed by atoms with Gasteiger partial charge in [-0.05, 0) is 48.9 Å². The molecule has 3 aromatic carbocycles. The molecule has 7 nitrogen and oxygen atoms in total. The van der Waals surface area contributed by atoms with Gasteiger partial charge in [-0.3, -0.25) is 13.9 Å². The molecule has 1 N–H and O–H groups in total. The lowest BCUT2D eigenvalue weighted by atomic mass is 10.1. The van der Waals surface area contributed by atoms with Crippen molar-refractivity contribution in [3.8, 4) is 0 Å². The number of anilines is 2. The fourth-order valence-corrected chi connectivity index (χ4v) is 4.87. The number of nitrogens with zero attached hydrogens (tertiary/aromatic N) is 2. The maximum atomic E-state index is 13.3. The molecular weight excluding hydrogens is 438 g/mol. The first-order valence-corrected chi connectivity index (χ1v) is 12.0. The van der Waals surface area contributed by atoms with Gasteiger partial charge < -0.3 is 10.2 Å². The molecule has 0 saturated carbocycles. The Bertz CT molecular complexity index is 1240. The second-order valence-corrected chi connectivity index (χ2v) is 9.38. The summed E-state index contributed by atoms with van der Waals surface area (Å²) in [6.45, 7) is 3.82. The van der Waals surface area contributed by atoms with Crippen molar-refractivity contribution in [2.75, 3.05) is 23.2 Å². The lowest BCUT2D eigenvalue weighted by molar-refractivity contribution is -0.128. The maximum Gasteiger partial charge on any atom is 0.264 e. The van der Waals surface area contributed by atoms with Crippen LogP contribution in [-0.4, -0.2) is 38.7 Å². The van der Waals surface area contributed by atoms with Gasteiger partial charge in [0.05, 0.1) is 10.6 Å². The molecule has 3 rings (SSSR count). The number of rotatable bonds is 8. The Morgan fingerprint density at radius 2 is 1.58 bits per heavy atom. The van der Waals surface area contributed by atoms with Gasteiger partial charge in [-0.15, -0.1) is 0 Å². The molecule has 33 heavy (non-hydrogen) atoms. The Balaban J connectivity index is 1.87. The van der Waals surface area contributed by atoms with E-state index in [2.05, 4.69) is 5.32 Å². The summed E-state index contributed by atoms with van der Waals surface area (Å²) in [6.07, 6.45) is 0. The average molecular weight is 466 g/mol. The van der Waals surface area contributed by atoms with Crippen LogP contribution in [0.5, 0.6) is 0 Å². The number of benzene rings is 3. The largest absolute Gasteiger partial charge is 0.342 e. The Kier molecular flexibility index (Phi) is 7.50. The van der Waals surface area contributed by atoms with Crippen LogP contribution in [0.1, 0.15) is 29.8 Å². The summed E-state index contributed by atoms with van der Waals surface area (Å²) in [4.78, 5) is 26.1. The van der Waals surface area contributed by atoms with Crippen molar-refractivity contribution in [1.82, 2.24) is 4.90 Å². The molecule has 0 aliphatic carbocycles. The van der Waals surface area contributed by atoms with E-state index in [1.54, 1.807) is 67.4 Å². The summed E-state index contributed by atoms with van der Waals surface area (Å²) in [5.41, 5.74) is 2.10. The molecule has 172 valence electrons. The van der Waals surface area contributed by atoms with Crippen molar-refractivity contribution >= 4 is 33.2 Å². The van der Waals surface area contributed by atoms with Crippen LogP contribution in [0, 0.1) is 0 Å². The SMILES string of the molecule is CCN(c1ccccc1)S(=O)(=O)c1cccc(C(=O)Nc2ccccc2CN(C)C(C)=O)c1. The van der Waals surface area contributed by atoms with Crippen LogP contribution in [0.4, 0.5) is 11.4 Å². The molecule has 8 heteroatoms. The minimum absolute atomic E-state index is 0.0328. The van der Waals surface area contributed by atoms with Crippen LogP contribution in [0.2, 0.25) is 0 Å². The summed E-state index contributed by atoms with van der Waals surface area (Å²) in [5.74, 6) is -0.527. The predicted molar refractivity (Wildman–Crippen MR) is 130 cm³/mol. The van der Waals surface area contributed by atoms with E-state index in [0.29, 0.717) is 17.9 Å². The van der Waals surface area contributed by atoms with Crippen molar-refractivity contribution in [3.63, 3.8) is 0 Å². The van der Waals surface area contributed by atoms with Gasteiger partial charge in [0.2, 0.25) is 5.91 Å². The van der Waals surface area contributed by atoms with Crippen molar-refractivity contribution in [1.29, 1.82) is 0 Å². The molecule has 0 radical (unpaired) electrons. The van der Waals surface area contributed by atoms with E-state index in [1.165, 1.54) is 23.4 Å². The van der Waals surface area contributed by atoms with Crippen LogP contribution < -0.4 is 9.62 Å². The quantitative estimate of drug-likeness (QED) is 0.542. The first-order valence-electron chi connectivity index (χ1n) is 10.5. The monoisotopic (exact) mass is 465 g/mol. The molecule has 0 heterocycles. The van der Waals surface area contributed by atoms with Crippen molar-refractivity contribution in [2.24, 2.45) is 0 Å². The van der Waals surface area contributed by atoms with Crippen molar-refractivity contribution in [3.05, 3.63) is 90.0 Å². The summed E-state index contributed by atoms with van der Waals surface area (Å²) < 4.78 is 27.9. The normalized spacial score (nSPS) is 11.0. The summed E-state index contributed by atoms with van der Waals surface area (Å²) in [7, 11) is -2.18. The number of nitrogens with one attached hydrogen (secondary N) is 1. The van der Waals surface area contributed by atoms with Crippen LogP contribution in [0.25, 0.3) is 0 Å². The number of amides is 2. The number of sulfonamides is 1. The average Bonchev–Trinajstić information content (AvgIpc) is 2.81. The van der Waals surface area contributed by atoms with Gasteiger partial charge in [-0.2, -0.15) is 0 Å². The first kappa shape index (κ1) is 24.0. The molecule has 0 saturated heterocycles. The molecule has 0 spiro atoms. The van der Waals surface area contributed by atoms with Crippen LogP contribution >= 0.6 is 0 Å². The van der Waals surface area contributed by atoms with Crippen molar-refractivity contribution < 1.29 is 18.0 Å². The van der Waals surface area contributed by atoms with Crippen LogP contribution in [0.15, 0.2) is 83.8 Å². The summed E-state index contributed by atoms with van der Waals surface area (Å²) >= 11 is 0. The number of carbonyl (C=O) groups excluding carboxylic acids is 2. The lowest BCUT2D eigenvalue weighted by Gasteiger charge is -2.23. The van der Waals surface area contributed by atoms with Gasteiger partial charge in [-0.25, -0.2) is 8.42 Å². The molecule has 0 aliphatic rings. The molecule has 0 bridgehead atoms. The van der Waals surface area contributed by atoms with E-state index in [-0.39, 0.29) is 22.9 Å². The molecule has 3 aromatic rings. The van der Waals surface area contributed by atoms with E-state index in [4.69, 9.17) is 0 Å². The standard InChI is InChI=1S/C25H27N3O4S/c1-4-28(22-13-6-5-7-14-22)33(31,32)23-15-10-12-20(17-23)25(30)26-24-16-9-8-11-21(24)18-27(3)19(2)29/h5-17H,4,18H2,1-3H3,(H,26,30). The third kappa shape index (κ3) is 5.59. The van der Waals surface area contributed by atoms with Gasteiger partial charge in [0.1, 0.15) is 0 Å². The molecule has 0 atom stereocenters. The van der Waals surface area contributed by atoms with E-state index in [1.807, 2.05) is 18.2 Å². The topological polar surface area (TPSA) is 86.8 Å². The Labute approximate surface area is 194 Å². The Morgan fingerprint density at radius 1 is 0.909 bits per heavy atom. The Hall–Kier alpha value is -3.65. The molecule has 0 aliphatic heterocycles. The molecule has 0 fully saturated rings. The van der Waals surface area contributed by atoms with Crippen molar-refractivity contribution in [2.45, 2.75) is 25.3 Å². The number of hydrogen-bond donors (Lipinski definition) is 1. The number of hydrogen-bond acceptors (Lipinski definition) is 4. The summed E-state index contributed by atoms with van der Waals surface area (Å²) in [5, 5.41) is 2.84. The zero-order chi connectivity index (χ0) is 24.0. The summed E-state index contributed by atoms with van der Waals surface area (Å²) in [6, 6.07) is 22.0. The third-order valence-corrected chi connectivity index (χ3v) is 7.13. The fraction of sp³-hybridized carbons (Fsp3) is 0.200. The van der Waals surface area contributed by atoms with Gasteiger partial charge in [0.15, 0.2) is 0 Å². The highest BCUT2D eigenvalue weighted by Gasteiger charge is 2.24. The zero-order valence-corrected chi connectivity index (χ0v) is 19.7. The zero-order valence-electron chi connectivity index (χ0n) is 18.9. The van der Waals surface area contributed by atoms with Crippen LogP contribution in [0.3, 0.4) is 0 Å². The molecule has 2 amide bonds. The minimum Gasteiger partial charge on any atom is -0.342 e. The highest BCUT2D eigenvalue weighted by atomic mass is 32.2. The second-order valence-electron chi connectivity index (χ2n) is 7.52. The van der Waals surface area contributed by atoms with Gasteiger partial charge >= 0.3 is 0 Å². The lowest BCUT2D eigenvalue weighted by Crippen LogP contribution is -2.31. The Morgan fingerprint density at radius 3 is 2.24 bits per heavy atom. The number of carbonyl (C=O) groups is 2. The van der Waals surface area contributed by atoms with E-state index < -0.39 is 15.9 Å². The highest BCUT2D eigenvalue weighted by Crippen LogP contribution is 2.24. The van der Waals surface area contributed by atoms with E-state index in [0.717, 1.165) is 5.56 Å². The molecular formula is C25H27N3O4S. The van der Waals surface area contributed by atoms with E-state index >= 15 is 0 Å². The first-order chi connectivity index (χ1) is 15.7. The predicted octanol–water partition coefficient (Wildman–Crippen LogP) is 4.13. The molecule has 0 unspecified atom stereocenters. The minimum atomic E-state index is -3.86. The second kappa shape index (κ2) is 10.3. The van der Waals surface area contributed by atoms with Crippen LogP contribution in [-0.2, 0) is 21.4 Å². The smallest absolute Gasteiger partial charge is 0.264 e. The number of para-hydroxylation sites is 2. The third-order valence-electron chi connectivity index (χ3n) is 5.23. The highest BCUT2D eigenvalue weighted by molar-refractivity contribution is 7.92. The van der Waals surface area contributed by atoms with Gasteiger partial charge in [-0.1, -0.05) is 42.5 Å². The van der Waals surface area contributed by atoms with Gasteiger partial charge in [0.25, 0.3) is 15.9 Å².